The highest BCUT2D eigenvalue weighted by Gasteiger charge is 2.10. The molecule has 1 unspecified atom stereocenters. The number of anilines is 2. The molecule has 5 nitrogen and oxygen atoms in total. The van der Waals surface area contributed by atoms with E-state index in [4.69, 9.17) is 5.73 Å². The minimum absolute atomic E-state index is 0.440. The van der Waals surface area contributed by atoms with E-state index in [2.05, 4.69) is 48.1 Å². The quantitative estimate of drug-likeness (QED) is 0.805. The van der Waals surface area contributed by atoms with Gasteiger partial charge >= 0.3 is 0 Å². The van der Waals surface area contributed by atoms with Gasteiger partial charge in [-0.15, -0.1) is 0 Å². The summed E-state index contributed by atoms with van der Waals surface area (Å²) in [5.74, 6) is 2.26. The first-order chi connectivity index (χ1) is 8.45. The maximum atomic E-state index is 5.92. The Bertz CT molecular complexity index is 389. The van der Waals surface area contributed by atoms with Crippen molar-refractivity contribution >= 4 is 11.6 Å². The molecule has 0 amide bonds. The molecule has 1 rings (SSSR count). The minimum atomic E-state index is 0.440. The van der Waals surface area contributed by atoms with Gasteiger partial charge in [-0.1, -0.05) is 6.92 Å². The van der Waals surface area contributed by atoms with Gasteiger partial charge < -0.3 is 16.0 Å². The third-order valence-corrected chi connectivity index (χ3v) is 3.15. The lowest BCUT2D eigenvalue weighted by molar-refractivity contribution is 0.326. The number of hydrogen-bond donors (Lipinski definition) is 2. The van der Waals surface area contributed by atoms with Crippen LogP contribution in [0, 0.1) is 6.92 Å². The van der Waals surface area contributed by atoms with Crippen molar-refractivity contribution in [2.45, 2.75) is 39.7 Å². The van der Waals surface area contributed by atoms with E-state index in [9.17, 15) is 0 Å². The molecule has 1 atom stereocenters. The van der Waals surface area contributed by atoms with E-state index in [-0.39, 0.29) is 0 Å². The van der Waals surface area contributed by atoms with E-state index < -0.39 is 0 Å². The van der Waals surface area contributed by atoms with Gasteiger partial charge in [0.05, 0.1) is 0 Å². The highest BCUT2D eigenvalue weighted by atomic mass is 15.1. The zero-order valence-corrected chi connectivity index (χ0v) is 12.1. The molecule has 1 aromatic rings. The number of hydrogen-bond acceptors (Lipinski definition) is 5. The average molecular weight is 251 g/mol. The van der Waals surface area contributed by atoms with Gasteiger partial charge in [0.15, 0.2) is 0 Å². The second-order valence-electron chi connectivity index (χ2n) is 4.94. The van der Waals surface area contributed by atoms with Gasteiger partial charge in [0.25, 0.3) is 0 Å². The predicted octanol–water partition coefficient (Wildman–Crippen LogP) is 1.68. The highest BCUT2D eigenvalue weighted by Crippen LogP contribution is 2.17. The summed E-state index contributed by atoms with van der Waals surface area (Å²) in [5, 5.41) is 3.36. The van der Waals surface area contributed by atoms with Gasteiger partial charge in [-0.25, -0.2) is 9.97 Å². The molecule has 0 aliphatic rings. The van der Waals surface area contributed by atoms with Crippen LogP contribution in [0.5, 0.6) is 0 Å². The summed E-state index contributed by atoms with van der Waals surface area (Å²) in [7, 11) is 4.13. The van der Waals surface area contributed by atoms with Crippen molar-refractivity contribution in [1.82, 2.24) is 14.9 Å². The molecule has 18 heavy (non-hydrogen) atoms. The van der Waals surface area contributed by atoms with Crippen LogP contribution in [-0.4, -0.2) is 41.5 Å². The first kappa shape index (κ1) is 14.7. The molecule has 0 fully saturated rings. The number of nitrogens with one attached hydrogen (secondary N) is 1. The largest absolute Gasteiger partial charge is 0.383 e. The summed E-state index contributed by atoms with van der Waals surface area (Å²) < 4.78 is 0. The van der Waals surface area contributed by atoms with Crippen LogP contribution in [0.4, 0.5) is 11.6 Å². The van der Waals surface area contributed by atoms with Crippen LogP contribution in [-0.2, 0) is 6.42 Å². The second-order valence-corrected chi connectivity index (χ2v) is 4.94. The number of aryl methyl sites for hydroxylation is 1. The van der Waals surface area contributed by atoms with Crippen molar-refractivity contribution < 1.29 is 0 Å². The van der Waals surface area contributed by atoms with E-state index in [0.717, 1.165) is 36.6 Å². The lowest BCUT2D eigenvalue weighted by atomic mass is 10.2. The monoisotopic (exact) mass is 251 g/mol. The summed E-state index contributed by atoms with van der Waals surface area (Å²) in [4.78, 5) is 11.0. The standard InChI is InChI=1S/C13H25N5/c1-6-7-11-16-12(14)10(3)13(17-11)15-8-9(2)18(4)5/h9H,6-8H2,1-5H3,(H3,14,15,16,17). The maximum absolute atomic E-state index is 5.92. The lowest BCUT2D eigenvalue weighted by Crippen LogP contribution is -2.32. The number of nitrogen functional groups attached to an aromatic ring is 1. The van der Waals surface area contributed by atoms with E-state index in [1.165, 1.54) is 0 Å². The van der Waals surface area contributed by atoms with E-state index >= 15 is 0 Å². The molecule has 0 saturated heterocycles. The normalized spacial score (nSPS) is 12.8. The van der Waals surface area contributed by atoms with Gasteiger partial charge in [0, 0.05) is 24.6 Å². The van der Waals surface area contributed by atoms with Crippen LogP contribution < -0.4 is 11.1 Å². The first-order valence-corrected chi connectivity index (χ1v) is 6.49. The fraction of sp³-hybridized carbons (Fsp3) is 0.692. The molecule has 0 spiro atoms. The lowest BCUT2D eigenvalue weighted by Gasteiger charge is -2.21. The van der Waals surface area contributed by atoms with Crippen LogP contribution in [0.2, 0.25) is 0 Å². The molecule has 1 aromatic heterocycles. The smallest absolute Gasteiger partial charge is 0.134 e. The summed E-state index contributed by atoms with van der Waals surface area (Å²) in [6, 6.07) is 0.440. The molecule has 0 aromatic carbocycles. The number of likely N-dealkylation sites (N-methyl/N-ethyl adjacent to an activating group) is 1. The van der Waals surface area contributed by atoms with Crippen molar-refractivity contribution in [2.75, 3.05) is 31.7 Å². The molecule has 0 radical (unpaired) electrons. The summed E-state index contributed by atoms with van der Waals surface area (Å²) in [6.07, 6.45) is 1.89. The van der Waals surface area contributed by atoms with Crippen molar-refractivity contribution in [3.8, 4) is 0 Å². The zero-order valence-electron chi connectivity index (χ0n) is 12.1. The van der Waals surface area contributed by atoms with Crippen molar-refractivity contribution in [2.24, 2.45) is 0 Å². The zero-order chi connectivity index (χ0) is 13.7. The Hall–Kier alpha value is -1.36. The molecule has 3 N–H and O–H groups in total. The predicted molar refractivity (Wildman–Crippen MR) is 76.8 cm³/mol. The summed E-state index contributed by atoms with van der Waals surface area (Å²) >= 11 is 0. The molecule has 102 valence electrons. The third-order valence-electron chi connectivity index (χ3n) is 3.15. The van der Waals surface area contributed by atoms with Gasteiger partial charge in [0.1, 0.15) is 17.5 Å². The van der Waals surface area contributed by atoms with Gasteiger partial charge in [-0.2, -0.15) is 0 Å². The molecular weight excluding hydrogens is 226 g/mol. The number of aromatic nitrogens is 2. The van der Waals surface area contributed by atoms with E-state index in [1.807, 2.05) is 6.92 Å². The Labute approximate surface area is 110 Å². The Morgan fingerprint density at radius 3 is 2.56 bits per heavy atom. The Morgan fingerprint density at radius 2 is 2.00 bits per heavy atom. The van der Waals surface area contributed by atoms with Crippen LogP contribution in [0.1, 0.15) is 31.7 Å². The van der Waals surface area contributed by atoms with E-state index in [1.54, 1.807) is 0 Å². The first-order valence-electron chi connectivity index (χ1n) is 6.49. The van der Waals surface area contributed by atoms with Crippen LogP contribution in [0.15, 0.2) is 0 Å². The molecular formula is C13H25N5. The molecule has 0 saturated carbocycles. The fourth-order valence-corrected chi connectivity index (χ4v) is 1.52. The van der Waals surface area contributed by atoms with Crippen LogP contribution >= 0.6 is 0 Å². The van der Waals surface area contributed by atoms with Gasteiger partial charge in [-0.05, 0) is 34.4 Å². The van der Waals surface area contributed by atoms with Crippen molar-refractivity contribution in [3.63, 3.8) is 0 Å². The molecule has 5 heteroatoms. The highest BCUT2D eigenvalue weighted by molar-refractivity contribution is 5.54. The third kappa shape index (κ3) is 3.84. The molecule has 0 bridgehead atoms. The maximum Gasteiger partial charge on any atom is 0.134 e. The number of nitrogens with zero attached hydrogens (tertiary/aromatic N) is 3. The average Bonchev–Trinajstić information content (AvgIpc) is 2.31. The van der Waals surface area contributed by atoms with Crippen LogP contribution in [0.25, 0.3) is 0 Å². The van der Waals surface area contributed by atoms with Crippen molar-refractivity contribution in [3.05, 3.63) is 11.4 Å². The topological polar surface area (TPSA) is 67.1 Å². The summed E-state index contributed by atoms with van der Waals surface area (Å²) in [5.41, 5.74) is 6.85. The summed E-state index contributed by atoms with van der Waals surface area (Å²) in [6.45, 7) is 7.07. The fourth-order valence-electron chi connectivity index (χ4n) is 1.52. The van der Waals surface area contributed by atoms with Gasteiger partial charge in [0.2, 0.25) is 0 Å². The second kappa shape index (κ2) is 6.54. The van der Waals surface area contributed by atoms with Crippen molar-refractivity contribution in [1.29, 1.82) is 0 Å². The Kier molecular flexibility index (Phi) is 5.34. The number of rotatable bonds is 6. The van der Waals surface area contributed by atoms with E-state index in [0.29, 0.717) is 11.9 Å². The molecule has 0 aliphatic carbocycles. The molecule has 1 heterocycles. The van der Waals surface area contributed by atoms with Gasteiger partial charge in [-0.3, -0.25) is 0 Å². The number of nitrogens with two attached hydrogens (primary N) is 1. The van der Waals surface area contributed by atoms with Crippen LogP contribution in [0.3, 0.4) is 0 Å². The Morgan fingerprint density at radius 1 is 1.33 bits per heavy atom. The Balaban J connectivity index is 2.80. The SMILES string of the molecule is CCCc1nc(N)c(C)c(NCC(C)N(C)C)n1. The molecule has 0 aliphatic heterocycles. The minimum Gasteiger partial charge on any atom is -0.383 e.